The molecule has 0 fully saturated rings. The van der Waals surface area contributed by atoms with Crippen LogP contribution in [0, 0.1) is 15.9 Å². The van der Waals surface area contributed by atoms with E-state index < -0.39 is 10.7 Å². The third kappa shape index (κ3) is 5.04. The molecule has 24 heavy (non-hydrogen) atoms. The molecule has 2 rings (SSSR count). The van der Waals surface area contributed by atoms with E-state index in [0.717, 1.165) is 0 Å². The second kappa shape index (κ2) is 8.42. The largest absolute Gasteiger partial charge is 0.489 e. The molecule has 9 heteroatoms. The topological polar surface area (TPSA) is 76.4 Å². The van der Waals surface area contributed by atoms with E-state index in [9.17, 15) is 14.5 Å². The minimum absolute atomic E-state index is 0.104. The van der Waals surface area contributed by atoms with Crippen LogP contribution in [0.25, 0.3) is 0 Å². The van der Waals surface area contributed by atoms with Crippen LogP contribution in [-0.4, -0.2) is 23.2 Å². The van der Waals surface area contributed by atoms with Crippen molar-refractivity contribution in [2.75, 3.05) is 18.5 Å². The number of ether oxygens (including phenoxy) is 1. The zero-order valence-corrected chi connectivity index (χ0v) is 13.9. The quantitative estimate of drug-likeness (QED) is 0.349. The summed E-state index contributed by atoms with van der Waals surface area (Å²) in [5.41, 5.74) is 0.214. The lowest BCUT2D eigenvalue weighted by atomic mass is 10.3. The van der Waals surface area contributed by atoms with Crippen molar-refractivity contribution >= 4 is 40.3 Å². The van der Waals surface area contributed by atoms with Crippen molar-refractivity contribution in [1.29, 1.82) is 0 Å². The molecule has 0 atom stereocenters. The highest BCUT2D eigenvalue weighted by Gasteiger charge is 2.10. The standard InChI is InChI=1S/C15H13ClFN3O3S/c16-11-6-5-10(20(21)22)9-13(11)19-15(24)18-7-8-23-14-4-2-1-3-12(14)17/h1-6,9H,7-8H2,(H2,18,19,24). The number of nitrogens with zero attached hydrogens (tertiary/aromatic N) is 1. The third-order valence-corrected chi connectivity index (χ3v) is 3.47. The van der Waals surface area contributed by atoms with Crippen molar-refractivity contribution < 1.29 is 14.1 Å². The number of nitrogens with one attached hydrogen (secondary N) is 2. The Balaban J connectivity index is 1.82. The van der Waals surface area contributed by atoms with Gasteiger partial charge in [0.15, 0.2) is 16.7 Å². The van der Waals surface area contributed by atoms with Crippen molar-refractivity contribution in [3.63, 3.8) is 0 Å². The number of para-hydroxylation sites is 1. The number of nitro groups is 1. The molecule has 0 saturated carbocycles. The molecule has 0 aromatic heterocycles. The Hall–Kier alpha value is -2.45. The van der Waals surface area contributed by atoms with Gasteiger partial charge in [0.1, 0.15) is 6.61 Å². The number of halogens is 2. The Morgan fingerprint density at radius 1 is 1.33 bits per heavy atom. The molecule has 126 valence electrons. The Morgan fingerprint density at radius 3 is 2.79 bits per heavy atom. The van der Waals surface area contributed by atoms with Gasteiger partial charge in [-0.05, 0) is 30.4 Å². The van der Waals surface area contributed by atoms with Gasteiger partial charge in [0.05, 0.1) is 22.2 Å². The van der Waals surface area contributed by atoms with E-state index >= 15 is 0 Å². The van der Waals surface area contributed by atoms with E-state index in [-0.39, 0.29) is 23.2 Å². The molecule has 2 N–H and O–H groups in total. The molecule has 2 aromatic carbocycles. The minimum atomic E-state index is -0.528. The van der Waals surface area contributed by atoms with Gasteiger partial charge < -0.3 is 15.4 Å². The maximum Gasteiger partial charge on any atom is 0.271 e. The van der Waals surface area contributed by atoms with Gasteiger partial charge in [-0.25, -0.2) is 4.39 Å². The summed E-state index contributed by atoms with van der Waals surface area (Å²) in [5, 5.41) is 16.9. The predicted molar refractivity (Wildman–Crippen MR) is 94.2 cm³/mol. The minimum Gasteiger partial charge on any atom is -0.489 e. The average molecular weight is 370 g/mol. The molecule has 0 aliphatic carbocycles. The number of hydrogen-bond donors (Lipinski definition) is 2. The summed E-state index contributed by atoms with van der Waals surface area (Å²) in [6.45, 7) is 0.498. The van der Waals surface area contributed by atoms with Crippen LogP contribution in [0.4, 0.5) is 15.8 Å². The van der Waals surface area contributed by atoms with Crippen LogP contribution in [-0.2, 0) is 0 Å². The summed E-state index contributed by atoms with van der Waals surface area (Å²) < 4.78 is 18.6. The lowest BCUT2D eigenvalue weighted by molar-refractivity contribution is -0.384. The van der Waals surface area contributed by atoms with Crippen molar-refractivity contribution in [2.24, 2.45) is 0 Å². The highest BCUT2D eigenvalue weighted by molar-refractivity contribution is 7.80. The number of non-ortho nitro benzene ring substituents is 1. The lowest BCUT2D eigenvalue weighted by Gasteiger charge is -2.12. The van der Waals surface area contributed by atoms with Crippen LogP contribution in [0.15, 0.2) is 42.5 Å². The van der Waals surface area contributed by atoms with Crippen molar-refractivity contribution in [3.8, 4) is 5.75 Å². The normalized spacial score (nSPS) is 10.1. The number of hydrogen-bond acceptors (Lipinski definition) is 4. The van der Waals surface area contributed by atoms with E-state index in [1.165, 1.54) is 30.3 Å². The SMILES string of the molecule is O=[N+]([O-])c1ccc(Cl)c(NC(=S)NCCOc2ccccc2F)c1. The van der Waals surface area contributed by atoms with Gasteiger partial charge in [-0.3, -0.25) is 10.1 Å². The summed E-state index contributed by atoms with van der Waals surface area (Å²) in [6, 6.07) is 10.1. The molecule has 0 unspecified atom stereocenters. The van der Waals surface area contributed by atoms with E-state index in [0.29, 0.717) is 17.3 Å². The zero-order valence-electron chi connectivity index (χ0n) is 12.3. The summed E-state index contributed by atoms with van der Waals surface area (Å²) in [7, 11) is 0. The number of anilines is 1. The third-order valence-electron chi connectivity index (χ3n) is 2.89. The zero-order chi connectivity index (χ0) is 17.5. The first-order valence-corrected chi connectivity index (χ1v) is 7.62. The molecule has 0 aliphatic rings. The van der Waals surface area contributed by atoms with Crippen LogP contribution in [0.1, 0.15) is 0 Å². The molecule has 0 aliphatic heterocycles. The number of thiocarbonyl (C=S) groups is 1. The van der Waals surface area contributed by atoms with E-state index in [2.05, 4.69) is 10.6 Å². The summed E-state index contributed by atoms with van der Waals surface area (Å²) in [5.74, 6) is -0.290. The Labute approximate surface area is 147 Å². The van der Waals surface area contributed by atoms with E-state index in [1.54, 1.807) is 12.1 Å². The fourth-order valence-electron chi connectivity index (χ4n) is 1.78. The highest BCUT2D eigenvalue weighted by Crippen LogP contribution is 2.26. The summed E-state index contributed by atoms with van der Waals surface area (Å²) in [6.07, 6.45) is 0. The van der Waals surface area contributed by atoms with Gasteiger partial charge >= 0.3 is 0 Å². The van der Waals surface area contributed by atoms with Crippen LogP contribution in [0.2, 0.25) is 5.02 Å². The summed E-state index contributed by atoms with van der Waals surface area (Å²) >= 11 is 11.0. The Kier molecular flexibility index (Phi) is 6.28. The van der Waals surface area contributed by atoms with Gasteiger partial charge in [-0.1, -0.05) is 23.7 Å². The van der Waals surface area contributed by atoms with Crippen molar-refractivity contribution in [1.82, 2.24) is 5.32 Å². The number of rotatable bonds is 6. The van der Waals surface area contributed by atoms with Gasteiger partial charge in [0.2, 0.25) is 0 Å². The smallest absolute Gasteiger partial charge is 0.271 e. The van der Waals surface area contributed by atoms with Gasteiger partial charge in [-0.2, -0.15) is 0 Å². The van der Waals surface area contributed by atoms with Crippen molar-refractivity contribution in [3.05, 3.63) is 63.4 Å². The summed E-state index contributed by atoms with van der Waals surface area (Å²) in [4.78, 5) is 10.2. The van der Waals surface area contributed by atoms with Crippen molar-refractivity contribution in [2.45, 2.75) is 0 Å². The molecule has 6 nitrogen and oxygen atoms in total. The van der Waals surface area contributed by atoms with E-state index in [1.807, 2.05) is 0 Å². The Morgan fingerprint density at radius 2 is 2.08 bits per heavy atom. The fourth-order valence-corrected chi connectivity index (χ4v) is 2.15. The predicted octanol–water partition coefficient (Wildman–Crippen LogP) is 3.75. The van der Waals surface area contributed by atoms with E-state index in [4.69, 9.17) is 28.6 Å². The van der Waals surface area contributed by atoms with Gasteiger partial charge in [0, 0.05) is 12.1 Å². The molecule has 0 bridgehead atoms. The van der Waals surface area contributed by atoms with Crippen LogP contribution >= 0.6 is 23.8 Å². The second-order valence-corrected chi connectivity index (χ2v) is 5.40. The molecule has 0 spiro atoms. The monoisotopic (exact) mass is 369 g/mol. The lowest BCUT2D eigenvalue weighted by Crippen LogP contribution is -2.32. The molecule has 0 radical (unpaired) electrons. The first-order valence-electron chi connectivity index (χ1n) is 6.83. The van der Waals surface area contributed by atoms with Crippen LogP contribution in [0.3, 0.4) is 0 Å². The average Bonchev–Trinajstić information content (AvgIpc) is 2.55. The Bertz CT molecular complexity index is 760. The van der Waals surface area contributed by atoms with Crippen LogP contribution in [0.5, 0.6) is 5.75 Å². The number of nitro benzene ring substituents is 1. The highest BCUT2D eigenvalue weighted by atomic mass is 35.5. The van der Waals surface area contributed by atoms with Gasteiger partial charge in [-0.15, -0.1) is 0 Å². The maximum absolute atomic E-state index is 13.4. The maximum atomic E-state index is 13.4. The first-order chi connectivity index (χ1) is 11.5. The fraction of sp³-hybridized carbons (Fsp3) is 0.133. The van der Waals surface area contributed by atoms with Crippen LogP contribution < -0.4 is 15.4 Å². The molecule has 0 heterocycles. The molecule has 2 aromatic rings. The molecular weight excluding hydrogens is 357 g/mol. The molecular formula is C15H13ClFN3O3S. The van der Waals surface area contributed by atoms with Gasteiger partial charge in [0.25, 0.3) is 5.69 Å². The first kappa shape index (κ1) is 17.9. The number of benzene rings is 2. The molecule has 0 amide bonds. The second-order valence-electron chi connectivity index (χ2n) is 4.58. The molecule has 0 saturated heterocycles.